The number of carbonyl (C=O) groups excluding carboxylic acids is 1. The summed E-state index contributed by atoms with van der Waals surface area (Å²) < 4.78 is 29.8. The van der Waals surface area contributed by atoms with Crippen molar-refractivity contribution in [1.82, 2.24) is 4.72 Å². The predicted octanol–water partition coefficient (Wildman–Crippen LogP) is 0.358. The minimum absolute atomic E-state index is 0.185. The van der Waals surface area contributed by atoms with Gasteiger partial charge in [-0.15, -0.1) is 0 Å². The Labute approximate surface area is 113 Å². The van der Waals surface area contributed by atoms with Crippen LogP contribution in [0.4, 0.5) is 0 Å². The number of hydrogen-bond donors (Lipinski definition) is 2. The van der Waals surface area contributed by atoms with Crippen LogP contribution in [0.3, 0.4) is 0 Å². The van der Waals surface area contributed by atoms with Crippen LogP contribution in [0.2, 0.25) is 0 Å². The van der Waals surface area contributed by atoms with Crippen molar-refractivity contribution in [2.24, 2.45) is 5.41 Å². The first-order chi connectivity index (χ1) is 8.47. The molecule has 0 rings (SSSR count). The molecule has 0 bridgehead atoms. The SMILES string of the molecule is COC(=O)C[C@H](NS(=O)(=O)CCC(C)(C)C)C(=O)O. The zero-order chi connectivity index (χ0) is 15.3. The van der Waals surface area contributed by atoms with Gasteiger partial charge in [-0.2, -0.15) is 0 Å². The van der Waals surface area contributed by atoms with Gasteiger partial charge in [0.15, 0.2) is 0 Å². The fraction of sp³-hybridized carbons (Fsp3) is 0.818. The first-order valence-corrected chi connectivity index (χ1v) is 7.42. The summed E-state index contributed by atoms with van der Waals surface area (Å²) in [4.78, 5) is 21.9. The highest BCUT2D eigenvalue weighted by atomic mass is 32.2. The van der Waals surface area contributed by atoms with Gasteiger partial charge in [-0.1, -0.05) is 20.8 Å². The third-order valence-corrected chi connectivity index (χ3v) is 3.72. The van der Waals surface area contributed by atoms with Crippen LogP contribution in [0.25, 0.3) is 0 Å². The van der Waals surface area contributed by atoms with Crippen molar-refractivity contribution in [1.29, 1.82) is 0 Å². The maximum Gasteiger partial charge on any atom is 0.322 e. The Kier molecular flexibility index (Phi) is 6.44. The zero-order valence-corrected chi connectivity index (χ0v) is 12.4. The number of sulfonamides is 1. The fourth-order valence-corrected chi connectivity index (χ4v) is 2.76. The van der Waals surface area contributed by atoms with E-state index in [2.05, 4.69) is 4.74 Å². The second kappa shape index (κ2) is 6.85. The molecule has 0 aromatic heterocycles. The Hall–Kier alpha value is -1.15. The van der Waals surface area contributed by atoms with E-state index in [0.29, 0.717) is 6.42 Å². The number of carboxylic acid groups (broad SMARTS) is 1. The lowest BCUT2D eigenvalue weighted by Gasteiger charge is -2.19. The molecule has 1 atom stereocenters. The number of carboxylic acids is 1. The van der Waals surface area contributed by atoms with Gasteiger partial charge >= 0.3 is 11.9 Å². The van der Waals surface area contributed by atoms with Crippen LogP contribution < -0.4 is 4.72 Å². The van der Waals surface area contributed by atoms with E-state index < -0.39 is 34.4 Å². The fourth-order valence-electron chi connectivity index (χ4n) is 1.15. The topological polar surface area (TPSA) is 110 Å². The first kappa shape index (κ1) is 17.8. The van der Waals surface area contributed by atoms with E-state index in [1.165, 1.54) is 0 Å². The van der Waals surface area contributed by atoms with Gasteiger partial charge in [0, 0.05) is 0 Å². The normalized spacial score (nSPS) is 13.9. The zero-order valence-electron chi connectivity index (χ0n) is 11.6. The molecule has 0 saturated carbocycles. The van der Waals surface area contributed by atoms with Crippen LogP contribution in [0.1, 0.15) is 33.6 Å². The standard InChI is InChI=1S/C11H21NO6S/c1-11(2,3)5-6-19(16,17)12-8(10(14)15)7-9(13)18-4/h8,12H,5-7H2,1-4H3,(H,14,15)/t8-/m0/s1. The van der Waals surface area contributed by atoms with Crippen LogP contribution in [-0.2, 0) is 24.3 Å². The summed E-state index contributed by atoms with van der Waals surface area (Å²) in [6.07, 6.45) is -0.159. The predicted molar refractivity (Wildman–Crippen MR) is 69.1 cm³/mol. The molecule has 0 unspecified atom stereocenters. The lowest BCUT2D eigenvalue weighted by Crippen LogP contribution is -2.43. The van der Waals surface area contributed by atoms with Crippen molar-refractivity contribution < 1.29 is 27.9 Å². The van der Waals surface area contributed by atoms with Gasteiger partial charge in [0.05, 0.1) is 19.3 Å². The summed E-state index contributed by atoms with van der Waals surface area (Å²) in [7, 11) is -2.64. The van der Waals surface area contributed by atoms with Crippen LogP contribution in [0.15, 0.2) is 0 Å². The molecule has 0 aromatic carbocycles. The van der Waals surface area contributed by atoms with Crippen LogP contribution in [-0.4, -0.2) is 44.4 Å². The Morgan fingerprint density at radius 2 is 1.84 bits per heavy atom. The average molecular weight is 295 g/mol. The Bertz CT molecular complexity index is 423. The maximum absolute atomic E-state index is 11.7. The molecule has 19 heavy (non-hydrogen) atoms. The van der Waals surface area contributed by atoms with Gasteiger partial charge < -0.3 is 9.84 Å². The van der Waals surface area contributed by atoms with Crippen molar-refractivity contribution in [3.05, 3.63) is 0 Å². The highest BCUT2D eigenvalue weighted by molar-refractivity contribution is 7.89. The number of ether oxygens (including phenoxy) is 1. The third-order valence-electron chi connectivity index (χ3n) is 2.34. The molecule has 0 aromatic rings. The van der Waals surface area contributed by atoms with E-state index in [0.717, 1.165) is 7.11 Å². The number of hydrogen-bond acceptors (Lipinski definition) is 5. The van der Waals surface area contributed by atoms with Gasteiger partial charge in [0.2, 0.25) is 10.0 Å². The quantitative estimate of drug-likeness (QED) is 0.656. The van der Waals surface area contributed by atoms with Crippen molar-refractivity contribution >= 4 is 22.0 Å². The van der Waals surface area contributed by atoms with Gasteiger partial charge in [-0.3, -0.25) is 9.59 Å². The summed E-state index contributed by atoms with van der Waals surface area (Å²) in [5.74, 6) is -2.39. The number of nitrogens with one attached hydrogen (secondary N) is 1. The van der Waals surface area contributed by atoms with Gasteiger partial charge in [0.25, 0.3) is 0 Å². The second-order valence-electron chi connectivity index (χ2n) is 5.42. The molecule has 0 heterocycles. The highest BCUT2D eigenvalue weighted by Crippen LogP contribution is 2.19. The number of rotatable bonds is 7. The summed E-state index contributed by atoms with van der Waals surface area (Å²) >= 11 is 0. The minimum atomic E-state index is -3.75. The molecule has 2 N–H and O–H groups in total. The highest BCUT2D eigenvalue weighted by Gasteiger charge is 2.27. The van der Waals surface area contributed by atoms with Gasteiger partial charge in [0.1, 0.15) is 6.04 Å². The molecule has 0 fully saturated rings. The summed E-state index contributed by atoms with van der Waals surface area (Å²) in [6, 6.07) is -1.50. The van der Waals surface area contributed by atoms with Crippen LogP contribution in [0.5, 0.6) is 0 Å². The van der Waals surface area contributed by atoms with Crippen molar-refractivity contribution in [2.45, 2.75) is 39.7 Å². The van der Waals surface area contributed by atoms with Crippen molar-refractivity contribution in [2.75, 3.05) is 12.9 Å². The number of aliphatic carboxylic acids is 1. The molecule has 7 nitrogen and oxygen atoms in total. The van der Waals surface area contributed by atoms with Crippen LogP contribution in [0, 0.1) is 5.41 Å². The largest absolute Gasteiger partial charge is 0.480 e. The van der Waals surface area contributed by atoms with E-state index in [1.807, 2.05) is 25.5 Å². The molecule has 0 aliphatic heterocycles. The minimum Gasteiger partial charge on any atom is -0.480 e. The molecule has 0 aliphatic carbocycles. The third kappa shape index (κ3) is 8.55. The Balaban J connectivity index is 4.66. The summed E-state index contributed by atoms with van der Waals surface area (Å²) in [6.45, 7) is 5.64. The number of esters is 1. The molecule has 0 radical (unpaired) electrons. The molecular formula is C11H21NO6S. The number of carbonyl (C=O) groups is 2. The number of methoxy groups -OCH3 is 1. The molecule has 0 amide bonds. The Morgan fingerprint density at radius 1 is 1.32 bits per heavy atom. The molecule has 8 heteroatoms. The second-order valence-corrected chi connectivity index (χ2v) is 7.29. The molecule has 112 valence electrons. The lowest BCUT2D eigenvalue weighted by atomic mass is 9.94. The maximum atomic E-state index is 11.7. The van der Waals surface area contributed by atoms with Gasteiger partial charge in [-0.25, -0.2) is 13.1 Å². The first-order valence-electron chi connectivity index (χ1n) is 5.76. The van der Waals surface area contributed by atoms with Gasteiger partial charge in [-0.05, 0) is 11.8 Å². The van der Waals surface area contributed by atoms with Crippen molar-refractivity contribution in [3.63, 3.8) is 0 Å². The van der Waals surface area contributed by atoms with E-state index >= 15 is 0 Å². The lowest BCUT2D eigenvalue weighted by molar-refractivity contribution is -0.147. The molecular weight excluding hydrogens is 274 g/mol. The summed E-state index contributed by atoms with van der Waals surface area (Å²) in [5, 5.41) is 8.87. The molecule has 0 saturated heterocycles. The van der Waals surface area contributed by atoms with Crippen LogP contribution >= 0.6 is 0 Å². The monoisotopic (exact) mass is 295 g/mol. The van der Waals surface area contributed by atoms with E-state index in [4.69, 9.17) is 5.11 Å². The summed E-state index contributed by atoms with van der Waals surface area (Å²) in [5.41, 5.74) is -0.185. The molecule has 0 spiro atoms. The average Bonchev–Trinajstić information content (AvgIpc) is 2.24. The van der Waals surface area contributed by atoms with E-state index in [9.17, 15) is 18.0 Å². The smallest absolute Gasteiger partial charge is 0.322 e. The van der Waals surface area contributed by atoms with E-state index in [1.54, 1.807) is 0 Å². The Morgan fingerprint density at radius 3 is 2.21 bits per heavy atom. The molecule has 0 aliphatic rings. The van der Waals surface area contributed by atoms with E-state index in [-0.39, 0.29) is 11.2 Å². The van der Waals surface area contributed by atoms with Crippen molar-refractivity contribution in [3.8, 4) is 0 Å².